The molecule has 0 radical (unpaired) electrons. The van der Waals surface area contributed by atoms with Gasteiger partial charge in [-0.3, -0.25) is 9.59 Å². The Kier molecular flexibility index (Phi) is 6.68. The number of nitrogens with one attached hydrogen (secondary N) is 2. The van der Waals surface area contributed by atoms with Gasteiger partial charge in [0.25, 0.3) is 0 Å². The molecule has 0 spiro atoms. The third-order valence-corrected chi connectivity index (χ3v) is 3.42. The summed E-state index contributed by atoms with van der Waals surface area (Å²) in [7, 11) is 0. The van der Waals surface area contributed by atoms with E-state index in [1.807, 2.05) is 30.3 Å². The van der Waals surface area contributed by atoms with Crippen molar-refractivity contribution >= 4 is 11.8 Å². The Bertz CT molecular complexity index is 526. The number of aliphatic hydroxyl groups is 2. The second-order valence-corrected chi connectivity index (χ2v) is 5.86. The van der Waals surface area contributed by atoms with Crippen LogP contribution in [0.15, 0.2) is 30.3 Å². The number of benzene rings is 1. The highest BCUT2D eigenvalue weighted by atomic mass is 16.5. The fourth-order valence-corrected chi connectivity index (χ4v) is 1.94. The highest BCUT2D eigenvalue weighted by Crippen LogP contribution is 2.12. The lowest BCUT2D eigenvalue weighted by molar-refractivity contribution is -0.171. The molecule has 0 aliphatic rings. The molecule has 6 N–H and O–H groups in total. The lowest BCUT2D eigenvalue weighted by Gasteiger charge is -2.30. The second-order valence-electron chi connectivity index (χ2n) is 5.86. The summed E-state index contributed by atoms with van der Waals surface area (Å²) >= 11 is 0. The van der Waals surface area contributed by atoms with E-state index in [-0.39, 0.29) is 6.42 Å². The van der Waals surface area contributed by atoms with Crippen LogP contribution in [0, 0.1) is 0 Å². The van der Waals surface area contributed by atoms with Crippen molar-refractivity contribution in [3.63, 3.8) is 0 Å². The summed E-state index contributed by atoms with van der Waals surface area (Å²) in [6.07, 6.45) is 0.240. The normalized spacial score (nSPS) is 15.4. The van der Waals surface area contributed by atoms with Crippen LogP contribution in [0.5, 0.6) is 0 Å². The Morgan fingerprint density at radius 1 is 1.13 bits per heavy atom. The lowest BCUT2D eigenvalue weighted by atomic mass is 9.99. The fourth-order valence-electron chi connectivity index (χ4n) is 1.94. The summed E-state index contributed by atoms with van der Waals surface area (Å²) in [4.78, 5) is 23.7. The van der Waals surface area contributed by atoms with Crippen LogP contribution in [0.1, 0.15) is 26.3 Å². The van der Waals surface area contributed by atoms with Gasteiger partial charge in [0.05, 0.1) is 12.1 Å². The zero-order chi connectivity index (χ0) is 17.6. The van der Waals surface area contributed by atoms with Gasteiger partial charge in [0.2, 0.25) is 11.8 Å². The molecule has 23 heavy (non-hydrogen) atoms. The van der Waals surface area contributed by atoms with Crippen LogP contribution in [0.2, 0.25) is 0 Å². The molecule has 0 saturated carbocycles. The van der Waals surface area contributed by atoms with Gasteiger partial charge in [-0.25, -0.2) is 0 Å². The van der Waals surface area contributed by atoms with Gasteiger partial charge >= 0.3 is 0 Å². The molecule has 0 aromatic heterocycles. The number of hydrogen-bond acceptors (Lipinski definition) is 5. The van der Waals surface area contributed by atoms with E-state index in [4.69, 9.17) is 5.73 Å². The number of carbonyl (C=O) groups is 2. The van der Waals surface area contributed by atoms with E-state index >= 15 is 0 Å². The molecule has 7 heteroatoms. The maximum atomic E-state index is 12.2. The number of amides is 2. The quantitative estimate of drug-likeness (QED) is 0.423. The average Bonchev–Trinajstić information content (AvgIpc) is 2.46. The molecule has 0 bridgehead atoms. The maximum absolute atomic E-state index is 12.2. The van der Waals surface area contributed by atoms with Gasteiger partial charge in [-0.2, -0.15) is 0 Å². The molecule has 0 unspecified atom stereocenters. The molecule has 0 saturated heterocycles. The van der Waals surface area contributed by atoms with Crippen molar-refractivity contribution in [1.29, 1.82) is 0 Å². The van der Waals surface area contributed by atoms with Gasteiger partial charge in [0.15, 0.2) is 5.79 Å². The van der Waals surface area contributed by atoms with Crippen LogP contribution in [0.3, 0.4) is 0 Å². The lowest BCUT2D eigenvalue weighted by Crippen LogP contribution is -2.57. The first kappa shape index (κ1) is 19.1. The van der Waals surface area contributed by atoms with Crippen LogP contribution in [-0.2, 0) is 16.0 Å². The second kappa shape index (κ2) is 8.05. The molecule has 1 rings (SSSR count). The van der Waals surface area contributed by atoms with Crippen LogP contribution < -0.4 is 16.4 Å². The number of rotatable bonds is 7. The van der Waals surface area contributed by atoms with Crippen molar-refractivity contribution in [1.82, 2.24) is 10.6 Å². The summed E-state index contributed by atoms with van der Waals surface area (Å²) in [5, 5.41) is 24.8. The minimum atomic E-state index is -2.10. The standard InChI is InChI=1S/C16H25N3O4/c1-10(17)14(20)18-11(2)15(21)19-13(16(3,22)23)9-12-7-5-4-6-8-12/h4-8,10-11,13,22-23H,9,17H2,1-3H3,(H,18,20)(H,19,21)/t10-,11-,13-/m0/s1. The first-order valence-electron chi connectivity index (χ1n) is 7.46. The van der Waals surface area contributed by atoms with Crippen molar-refractivity contribution in [2.75, 3.05) is 0 Å². The monoisotopic (exact) mass is 323 g/mol. The molecule has 1 aromatic carbocycles. The molecule has 0 fully saturated rings. The zero-order valence-electron chi connectivity index (χ0n) is 13.6. The molecule has 2 amide bonds. The fraction of sp³-hybridized carbons (Fsp3) is 0.500. The number of hydrogen-bond donors (Lipinski definition) is 5. The zero-order valence-corrected chi connectivity index (χ0v) is 13.6. The molecule has 0 aliphatic carbocycles. The Labute approximate surface area is 135 Å². The van der Waals surface area contributed by atoms with E-state index in [9.17, 15) is 19.8 Å². The maximum Gasteiger partial charge on any atom is 0.242 e. The Balaban J connectivity index is 2.74. The highest BCUT2D eigenvalue weighted by Gasteiger charge is 2.32. The molecule has 1 aromatic rings. The Hall–Kier alpha value is -1.96. The summed E-state index contributed by atoms with van der Waals surface area (Å²) in [6, 6.07) is 6.66. The third kappa shape index (κ3) is 6.35. The van der Waals surface area contributed by atoms with Gasteiger partial charge in [0.1, 0.15) is 6.04 Å². The predicted octanol–water partition coefficient (Wildman–Crippen LogP) is -0.733. The van der Waals surface area contributed by atoms with Gasteiger partial charge < -0.3 is 26.6 Å². The molecule has 0 heterocycles. The third-order valence-electron chi connectivity index (χ3n) is 3.42. The SMILES string of the molecule is C[C@H](N)C(=O)N[C@@H](C)C(=O)N[C@@H](Cc1ccccc1)C(C)(O)O. The van der Waals surface area contributed by atoms with Crippen LogP contribution in [0.4, 0.5) is 0 Å². The first-order chi connectivity index (χ1) is 10.6. The van der Waals surface area contributed by atoms with Crippen molar-refractivity contribution in [2.24, 2.45) is 5.73 Å². The van der Waals surface area contributed by atoms with E-state index in [2.05, 4.69) is 10.6 Å². The van der Waals surface area contributed by atoms with Crippen LogP contribution >= 0.6 is 0 Å². The number of nitrogens with two attached hydrogens (primary N) is 1. The van der Waals surface area contributed by atoms with E-state index in [0.29, 0.717) is 0 Å². The van der Waals surface area contributed by atoms with E-state index in [1.165, 1.54) is 20.8 Å². The largest absolute Gasteiger partial charge is 0.364 e. The van der Waals surface area contributed by atoms with Crippen molar-refractivity contribution in [3.8, 4) is 0 Å². The summed E-state index contributed by atoms with van der Waals surface area (Å²) in [5.41, 5.74) is 6.28. The first-order valence-corrected chi connectivity index (χ1v) is 7.46. The molecule has 0 aliphatic heterocycles. The van der Waals surface area contributed by atoms with Crippen LogP contribution in [-0.4, -0.2) is 45.9 Å². The van der Waals surface area contributed by atoms with E-state index < -0.39 is 35.7 Å². The van der Waals surface area contributed by atoms with Crippen molar-refractivity contribution in [3.05, 3.63) is 35.9 Å². The molecular weight excluding hydrogens is 298 g/mol. The Morgan fingerprint density at radius 2 is 1.70 bits per heavy atom. The van der Waals surface area contributed by atoms with Crippen molar-refractivity contribution in [2.45, 2.75) is 51.1 Å². The summed E-state index contributed by atoms with van der Waals surface area (Å²) in [5.74, 6) is -3.08. The van der Waals surface area contributed by atoms with E-state index in [1.54, 1.807) is 0 Å². The predicted molar refractivity (Wildman–Crippen MR) is 86.2 cm³/mol. The molecule has 7 nitrogen and oxygen atoms in total. The number of carbonyl (C=O) groups excluding carboxylic acids is 2. The summed E-state index contributed by atoms with van der Waals surface area (Å²) < 4.78 is 0. The van der Waals surface area contributed by atoms with Crippen LogP contribution in [0.25, 0.3) is 0 Å². The topological polar surface area (TPSA) is 125 Å². The summed E-state index contributed by atoms with van der Waals surface area (Å²) in [6.45, 7) is 4.21. The molecule has 3 atom stereocenters. The van der Waals surface area contributed by atoms with E-state index in [0.717, 1.165) is 5.56 Å². The van der Waals surface area contributed by atoms with Gasteiger partial charge in [-0.1, -0.05) is 30.3 Å². The highest BCUT2D eigenvalue weighted by molar-refractivity contribution is 5.89. The average molecular weight is 323 g/mol. The molecule has 128 valence electrons. The molecular formula is C16H25N3O4. The van der Waals surface area contributed by atoms with Gasteiger partial charge in [-0.15, -0.1) is 0 Å². The van der Waals surface area contributed by atoms with Crippen molar-refractivity contribution < 1.29 is 19.8 Å². The minimum Gasteiger partial charge on any atom is -0.364 e. The minimum absolute atomic E-state index is 0.240. The van der Waals surface area contributed by atoms with Gasteiger partial charge in [0, 0.05) is 0 Å². The smallest absolute Gasteiger partial charge is 0.242 e. The van der Waals surface area contributed by atoms with Gasteiger partial charge in [-0.05, 0) is 32.8 Å². The Morgan fingerprint density at radius 3 is 2.17 bits per heavy atom.